The van der Waals surface area contributed by atoms with Crippen molar-refractivity contribution in [2.45, 2.75) is 33.6 Å². The van der Waals surface area contributed by atoms with Crippen LogP contribution in [-0.4, -0.2) is 25.2 Å². The van der Waals surface area contributed by atoms with Crippen molar-refractivity contribution in [1.82, 2.24) is 0 Å². The number of carbonyl (C=O) groups excluding carboxylic acids is 2. The summed E-state index contributed by atoms with van der Waals surface area (Å²) in [6.45, 7) is 7.57. The lowest BCUT2D eigenvalue weighted by Crippen LogP contribution is -2.18. The fourth-order valence-electron chi connectivity index (χ4n) is 3.05. The van der Waals surface area contributed by atoms with Crippen molar-refractivity contribution in [2.75, 3.05) is 13.2 Å². The number of ether oxygens (including phenoxy) is 3. The predicted molar refractivity (Wildman–Crippen MR) is 115 cm³/mol. The Labute approximate surface area is 179 Å². The van der Waals surface area contributed by atoms with Gasteiger partial charge in [-0.25, -0.2) is 14.4 Å². The van der Waals surface area contributed by atoms with Gasteiger partial charge in [0.15, 0.2) is 6.61 Å². The molecule has 0 N–H and O–H groups in total. The quantitative estimate of drug-likeness (QED) is 0.316. The van der Waals surface area contributed by atoms with Crippen LogP contribution in [0.2, 0.25) is 0 Å². The van der Waals surface area contributed by atoms with Crippen molar-refractivity contribution < 1.29 is 28.2 Å². The molecule has 0 aliphatic heterocycles. The van der Waals surface area contributed by atoms with E-state index < -0.39 is 17.6 Å². The first-order valence-electron chi connectivity index (χ1n) is 9.97. The largest absolute Gasteiger partial charge is 0.482 e. The Morgan fingerprint density at radius 2 is 1.84 bits per heavy atom. The maximum atomic E-state index is 12.3. The minimum absolute atomic E-state index is 0.147. The summed E-state index contributed by atoms with van der Waals surface area (Å²) in [7, 11) is 0. The molecule has 0 aliphatic rings. The smallest absolute Gasteiger partial charge is 0.351 e. The molecule has 0 atom stereocenters. The average molecular weight is 424 g/mol. The summed E-state index contributed by atoms with van der Waals surface area (Å²) in [5.74, 6) is -0.261. The van der Waals surface area contributed by atoms with Crippen LogP contribution in [0.4, 0.5) is 0 Å². The fourth-order valence-corrected chi connectivity index (χ4v) is 3.05. The Kier molecular flexibility index (Phi) is 6.74. The number of rotatable bonds is 7. The lowest BCUT2D eigenvalue weighted by atomic mass is 10.0. The summed E-state index contributed by atoms with van der Waals surface area (Å²) < 4.78 is 21.0. The molecular weight excluding hydrogens is 400 g/mol. The first-order chi connectivity index (χ1) is 14.8. The van der Waals surface area contributed by atoms with E-state index in [0.717, 1.165) is 11.1 Å². The molecule has 3 rings (SSSR count). The van der Waals surface area contributed by atoms with Crippen LogP contribution in [-0.2, 0) is 9.53 Å². The number of hydrogen-bond donors (Lipinski definition) is 0. The van der Waals surface area contributed by atoms with E-state index in [9.17, 15) is 14.4 Å². The highest BCUT2D eigenvalue weighted by Gasteiger charge is 2.16. The Balaban J connectivity index is 1.73. The number of aryl methyl sites for hydroxylation is 1. The molecule has 7 nitrogen and oxygen atoms in total. The van der Waals surface area contributed by atoms with Gasteiger partial charge in [-0.05, 0) is 55.2 Å². The summed E-state index contributed by atoms with van der Waals surface area (Å²) >= 11 is 0. The second-order valence-corrected chi connectivity index (χ2v) is 7.33. The zero-order valence-corrected chi connectivity index (χ0v) is 17.9. The molecule has 0 unspecified atom stereocenters. The second-order valence-electron chi connectivity index (χ2n) is 7.33. The number of benzene rings is 2. The third kappa shape index (κ3) is 5.31. The Hall–Kier alpha value is -3.61. The molecule has 1 heterocycles. The average Bonchev–Trinajstić information content (AvgIpc) is 2.71. The molecule has 7 heteroatoms. The fraction of sp³-hybridized carbons (Fsp3) is 0.292. The topological polar surface area (TPSA) is 92.0 Å². The zero-order valence-electron chi connectivity index (χ0n) is 17.9. The van der Waals surface area contributed by atoms with Gasteiger partial charge in [-0.2, -0.15) is 0 Å². The maximum Gasteiger partial charge on any atom is 0.351 e. The summed E-state index contributed by atoms with van der Waals surface area (Å²) in [6.07, 6.45) is 0. The van der Waals surface area contributed by atoms with Gasteiger partial charge in [-0.1, -0.05) is 26.0 Å². The normalized spacial score (nSPS) is 10.9. The molecule has 3 aromatic rings. The van der Waals surface area contributed by atoms with E-state index in [1.165, 1.54) is 12.1 Å². The van der Waals surface area contributed by atoms with Crippen molar-refractivity contribution >= 4 is 22.9 Å². The minimum Gasteiger partial charge on any atom is -0.482 e. The minimum atomic E-state index is -0.821. The third-order valence-electron chi connectivity index (χ3n) is 4.57. The lowest BCUT2D eigenvalue weighted by molar-refractivity contribution is -0.136. The van der Waals surface area contributed by atoms with Crippen molar-refractivity contribution in [3.05, 3.63) is 69.6 Å². The van der Waals surface area contributed by atoms with Gasteiger partial charge in [0.05, 0.1) is 6.61 Å². The van der Waals surface area contributed by atoms with E-state index in [2.05, 4.69) is 0 Å². The third-order valence-corrected chi connectivity index (χ3v) is 4.57. The SMILES string of the molecule is CCOC(=O)c1cc2ccc(OC(=O)COc3cc(C)ccc3C(C)C)cc2oc1=O. The van der Waals surface area contributed by atoms with Crippen LogP contribution < -0.4 is 15.1 Å². The molecule has 0 radical (unpaired) electrons. The molecule has 2 aromatic carbocycles. The van der Waals surface area contributed by atoms with Crippen molar-refractivity contribution in [2.24, 2.45) is 0 Å². The van der Waals surface area contributed by atoms with Gasteiger partial charge in [0.1, 0.15) is 22.6 Å². The van der Waals surface area contributed by atoms with Crippen LogP contribution in [0.1, 0.15) is 48.2 Å². The maximum absolute atomic E-state index is 12.3. The number of carbonyl (C=O) groups is 2. The molecule has 0 amide bonds. The molecule has 31 heavy (non-hydrogen) atoms. The molecule has 0 aliphatic carbocycles. The Morgan fingerprint density at radius 1 is 1.06 bits per heavy atom. The van der Waals surface area contributed by atoms with Crippen LogP contribution in [0, 0.1) is 6.92 Å². The lowest BCUT2D eigenvalue weighted by Gasteiger charge is -2.14. The number of hydrogen-bond acceptors (Lipinski definition) is 7. The molecule has 1 aromatic heterocycles. The summed E-state index contributed by atoms with van der Waals surface area (Å²) in [5, 5.41) is 0.500. The highest BCUT2D eigenvalue weighted by atomic mass is 16.6. The monoisotopic (exact) mass is 424 g/mol. The first-order valence-corrected chi connectivity index (χ1v) is 9.97. The van der Waals surface area contributed by atoms with Gasteiger partial charge >= 0.3 is 17.6 Å². The van der Waals surface area contributed by atoms with E-state index in [1.807, 2.05) is 39.0 Å². The van der Waals surface area contributed by atoms with E-state index in [4.69, 9.17) is 18.6 Å². The molecule has 0 saturated carbocycles. The zero-order chi connectivity index (χ0) is 22.5. The highest BCUT2D eigenvalue weighted by molar-refractivity contribution is 5.93. The van der Waals surface area contributed by atoms with Crippen LogP contribution >= 0.6 is 0 Å². The predicted octanol–water partition coefficient (Wildman–Crippen LogP) is 4.39. The van der Waals surface area contributed by atoms with Gasteiger partial charge in [0.25, 0.3) is 0 Å². The molecule has 0 fully saturated rings. The van der Waals surface area contributed by atoms with E-state index >= 15 is 0 Å². The van der Waals surface area contributed by atoms with E-state index in [-0.39, 0.29) is 36.0 Å². The summed E-state index contributed by atoms with van der Waals surface area (Å²) in [5.41, 5.74) is 1.21. The van der Waals surface area contributed by atoms with Gasteiger partial charge in [-0.15, -0.1) is 0 Å². The van der Waals surface area contributed by atoms with E-state index in [1.54, 1.807) is 19.1 Å². The van der Waals surface area contributed by atoms with Crippen molar-refractivity contribution in [3.63, 3.8) is 0 Å². The first kappa shape index (κ1) is 22.1. The van der Waals surface area contributed by atoms with Crippen LogP contribution in [0.15, 0.2) is 51.7 Å². The van der Waals surface area contributed by atoms with Crippen LogP contribution in [0.3, 0.4) is 0 Å². The summed E-state index contributed by atoms with van der Waals surface area (Å²) in [6, 6.07) is 11.8. The molecule has 0 saturated heterocycles. The van der Waals surface area contributed by atoms with E-state index in [0.29, 0.717) is 11.1 Å². The molecular formula is C24H24O7. The standard InChI is InChI=1S/C24H24O7/c1-5-28-23(26)19-11-16-7-8-17(12-20(16)31-24(19)27)30-22(25)13-29-21-10-15(4)6-9-18(21)14(2)3/h6-12,14H,5,13H2,1-4H3. The van der Waals surface area contributed by atoms with Gasteiger partial charge in [0, 0.05) is 11.5 Å². The number of fused-ring (bicyclic) bond motifs is 1. The Morgan fingerprint density at radius 3 is 2.55 bits per heavy atom. The number of esters is 2. The molecule has 0 spiro atoms. The highest BCUT2D eigenvalue weighted by Crippen LogP contribution is 2.27. The van der Waals surface area contributed by atoms with Gasteiger partial charge < -0.3 is 18.6 Å². The van der Waals surface area contributed by atoms with Crippen molar-refractivity contribution in [1.29, 1.82) is 0 Å². The van der Waals surface area contributed by atoms with Crippen LogP contribution in [0.5, 0.6) is 11.5 Å². The molecule has 162 valence electrons. The Bertz CT molecular complexity index is 1170. The second kappa shape index (κ2) is 9.47. The molecule has 0 bridgehead atoms. The van der Waals surface area contributed by atoms with Crippen molar-refractivity contribution in [3.8, 4) is 11.5 Å². The van der Waals surface area contributed by atoms with Gasteiger partial charge in [0.2, 0.25) is 0 Å². The van der Waals surface area contributed by atoms with Gasteiger partial charge in [-0.3, -0.25) is 0 Å². The summed E-state index contributed by atoms with van der Waals surface area (Å²) in [4.78, 5) is 36.2. The van der Waals surface area contributed by atoms with Crippen LogP contribution in [0.25, 0.3) is 11.0 Å².